The summed E-state index contributed by atoms with van der Waals surface area (Å²) in [5, 5.41) is 6.50. The molecule has 34 heavy (non-hydrogen) atoms. The van der Waals surface area contributed by atoms with E-state index in [1.54, 1.807) is 42.5 Å². The smallest absolute Gasteiger partial charge is 0.344 e. The third-order valence-electron chi connectivity index (χ3n) is 5.04. The van der Waals surface area contributed by atoms with E-state index >= 15 is 0 Å². The first-order valence-corrected chi connectivity index (χ1v) is 12.4. The minimum Gasteiger partial charge on any atom is -0.423 e. The summed E-state index contributed by atoms with van der Waals surface area (Å²) in [5.74, 6) is -0.593. The Bertz CT molecular complexity index is 961. The number of benzene rings is 2. The average molecular weight is 530 g/mol. The van der Waals surface area contributed by atoms with Crippen molar-refractivity contribution in [1.29, 1.82) is 0 Å². The number of nitrogens with zero attached hydrogens (tertiary/aromatic N) is 1. The predicted octanol–water partition coefficient (Wildman–Crippen LogP) is 5.38. The van der Waals surface area contributed by atoms with Gasteiger partial charge < -0.3 is 10.1 Å². The summed E-state index contributed by atoms with van der Waals surface area (Å²) < 4.78 is 6.03. The molecule has 0 saturated heterocycles. The van der Waals surface area contributed by atoms with Crippen LogP contribution < -0.4 is 15.5 Å². The fourth-order valence-corrected chi connectivity index (χ4v) is 3.59. The van der Waals surface area contributed by atoms with Crippen LogP contribution in [0.4, 0.5) is 0 Å². The van der Waals surface area contributed by atoms with Crippen LogP contribution in [0.25, 0.3) is 0 Å². The van der Waals surface area contributed by atoms with Gasteiger partial charge in [0.1, 0.15) is 5.75 Å². The second kappa shape index (κ2) is 15.8. The Hall–Kier alpha value is -3.00. The van der Waals surface area contributed by atoms with Crippen LogP contribution in [-0.2, 0) is 9.59 Å². The molecule has 0 fully saturated rings. The monoisotopic (exact) mass is 529 g/mol. The van der Waals surface area contributed by atoms with E-state index in [9.17, 15) is 14.4 Å². The molecule has 7 nitrogen and oxygen atoms in total. The van der Waals surface area contributed by atoms with Crippen LogP contribution in [0.2, 0.25) is 0 Å². The van der Waals surface area contributed by atoms with E-state index in [0.29, 0.717) is 27.8 Å². The molecule has 2 N–H and O–H groups in total. The molecule has 0 aromatic heterocycles. The molecule has 0 aliphatic heterocycles. The Labute approximate surface area is 209 Å². The van der Waals surface area contributed by atoms with E-state index in [-0.39, 0.29) is 12.5 Å². The summed E-state index contributed by atoms with van der Waals surface area (Å²) >= 11 is 3.33. The van der Waals surface area contributed by atoms with E-state index in [0.717, 1.165) is 19.3 Å². The number of carbonyl (C=O) groups excluding carboxylic acids is 3. The quantitative estimate of drug-likeness (QED) is 0.113. The molecular formula is C26H32BrN3O4. The highest BCUT2D eigenvalue weighted by Crippen LogP contribution is 2.19. The van der Waals surface area contributed by atoms with Gasteiger partial charge in [-0.1, -0.05) is 57.6 Å². The summed E-state index contributed by atoms with van der Waals surface area (Å²) in [6.45, 7) is 2.08. The largest absolute Gasteiger partial charge is 0.423 e. The van der Waals surface area contributed by atoms with Gasteiger partial charge in [0.05, 0.1) is 18.3 Å². The number of hydrogen-bond donors (Lipinski definition) is 2. The molecule has 0 unspecified atom stereocenters. The molecular weight excluding hydrogens is 498 g/mol. The highest BCUT2D eigenvalue weighted by molar-refractivity contribution is 9.10. The zero-order valence-corrected chi connectivity index (χ0v) is 21.1. The maximum atomic E-state index is 12.2. The van der Waals surface area contributed by atoms with Crippen LogP contribution in [0.1, 0.15) is 74.2 Å². The molecule has 0 radical (unpaired) electrons. The van der Waals surface area contributed by atoms with Crippen molar-refractivity contribution in [3.63, 3.8) is 0 Å². The molecule has 182 valence electrons. The normalized spacial score (nSPS) is 10.8. The summed E-state index contributed by atoms with van der Waals surface area (Å²) in [7, 11) is 0. The summed E-state index contributed by atoms with van der Waals surface area (Å²) in [6.07, 6.45) is 9.90. The van der Waals surface area contributed by atoms with Crippen molar-refractivity contribution in [2.24, 2.45) is 5.10 Å². The van der Waals surface area contributed by atoms with Crippen molar-refractivity contribution in [3.8, 4) is 5.75 Å². The van der Waals surface area contributed by atoms with Crippen LogP contribution >= 0.6 is 15.9 Å². The molecule has 0 bridgehead atoms. The Balaban J connectivity index is 1.64. The van der Waals surface area contributed by atoms with Gasteiger partial charge in [0, 0.05) is 10.9 Å². The number of hydrogen-bond acceptors (Lipinski definition) is 5. The lowest BCUT2D eigenvalue weighted by Gasteiger charge is -2.06. The van der Waals surface area contributed by atoms with Crippen LogP contribution in [0.15, 0.2) is 58.1 Å². The van der Waals surface area contributed by atoms with Crippen molar-refractivity contribution in [3.05, 3.63) is 64.1 Å². The number of amides is 2. The molecule has 8 heteroatoms. The van der Waals surface area contributed by atoms with Gasteiger partial charge in [0.15, 0.2) is 0 Å². The molecule has 2 rings (SSSR count). The third-order valence-corrected chi connectivity index (χ3v) is 5.73. The molecule has 2 aromatic rings. The van der Waals surface area contributed by atoms with Gasteiger partial charge in [-0.2, -0.15) is 5.10 Å². The maximum absolute atomic E-state index is 12.2. The molecule has 2 aromatic carbocycles. The summed E-state index contributed by atoms with van der Waals surface area (Å²) in [5.41, 5.74) is 3.53. The second-order valence-corrected chi connectivity index (χ2v) is 8.73. The molecule has 0 heterocycles. The number of rotatable bonds is 14. The fraction of sp³-hybridized carbons (Fsp3) is 0.385. The minimum absolute atomic E-state index is 0.114. The predicted molar refractivity (Wildman–Crippen MR) is 137 cm³/mol. The van der Waals surface area contributed by atoms with E-state index in [4.69, 9.17) is 4.74 Å². The molecule has 0 atom stereocenters. The zero-order chi connectivity index (χ0) is 24.6. The Morgan fingerprint density at radius 3 is 2.29 bits per heavy atom. The molecule has 0 aliphatic rings. The standard InChI is InChI=1S/C26H32BrN3O4/c1-2-3-4-5-6-7-8-13-24(31)28-19-25(32)30-29-18-20-14-16-21(17-15-20)34-26(33)22-11-9-10-12-23(22)27/h9-12,14-18H,2-8,13,19H2,1H3,(H,28,31)(H,30,32). The van der Waals surface area contributed by atoms with Crippen LogP contribution in [-0.4, -0.2) is 30.5 Å². The first-order chi connectivity index (χ1) is 16.5. The maximum Gasteiger partial charge on any atom is 0.344 e. The van der Waals surface area contributed by atoms with Crippen molar-refractivity contribution in [1.82, 2.24) is 10.7 Å². The van der Waals surface area contributed by atoms with Gasteiger partial charge in [-0.25, -0.2) is 10.2 Å². The van der Waals surface area contributed by atoms with Gasteiger partial charge in [0.25, 0.3) is 5.91 Å². The van der Waals surface area contributed by atoms with Gasteiger partial charge >= 0.3 is 5.97 Å². The molecule has 0 spiro atoms. The number of esters is 1. The summed E-state index contributed by atoms with van der Waals surface area (Å²) in [6, 6.07) is 13.7. The van der Waals surface area contributed by atoms with E-state index in [1.807, 2.05) is 6.07 Å². The van der Waals surface area contributed by atoms with Crippen LogP contribution in [0, 0.1) is 0 Å². The Morgan fingerprint density at radius 2 is 1.59 bits per heavy atom. The van der Waals surface area contributed by atoms with Gasteiger partial charge in [-0.3, -0.25) is 9.59 Å². The first-order valence-electron chi connectivity index (χ1n) is 11.6. The van der Waals surface area contributed by atoms with Gasteiger partial charge in [-0.05, 0) is 64.3 Å². The van der Waals surface area contributed by atoms with E-state index in [2.05, 4.69) is 38.7 Å². The number of hydrazone groups is 1. The fourth-order valence-electron chi connectivity index (χ4n) is 3.14. The Kier molecular flexibility index (Phi) is 12.6. The van der Waals surface area contributed by atoms with Crippen LogP contribution in [0.3, 0.4) is 0 Å². The van der Waals surface area contributed by atoms with Crippen molar-refractivity contribution < 1.29 is 19.1 Å². The average Bonchev–Trinajstić information content (AvgIpc) is 2.83. The SMILES string of the molecule is CCCCCCCCCC(=O)NCC(=O)NN=Cc1ccc(OC(=O)c2ccccc2Br)cc1. The molecule has 2 amide bonds. The topological polar surface area (TPSA) is 96.9 Å². The van der Waals surface area contributed by atoms with Gasteiger partial charge in [0.2, 0.25) is 5.91 Å². The lowest BCUT2D eigenvalue weighted by molar-refractivity contribution is -0.126. The highest BCUT2D eigenvalue weighted by atomic mass is 79.9. The minimum atomic E-state index is -0.463. The lowest BCUT2D eigenvalue weighted by atomic mass is 10.1. The number of carbonyl (C=O) groups is 3. The highest BCUT2D eigenvalue weighted by Gasteiger charge is 2.11. The number of unbranched alkanes of at least 4 members (excludes halogenated alkanes) is 6. The van der Waals surface area contributed by atoms with E-state index < -0.39 is 11.9 Å². The zero-order valence-electron chi connectivity index (χ0n) is 19.5. The summed E-state index contributed by atoms with van der Waals surface area (Å²) in [4.78, 5) is 35.9. The second-order valence-electron chi connectivity index (χ2n) is 7.88. The Morgan fingerprint density at radius 1 is 0.912 bits per heavy atom. The number of nitrogens with one attached hydrogen (secondary N) is 2. The van der Waals surface area contributed by atoms with Crippen molar-refractivity contribution in [2.75, 3.05) is 6.54 Å². The molecule has 0 aliphatic carbocycles. The van der Waals surface area contributed by atoms with Crippen molar-refractivity contribution >= 4 is 39.9 Å². The molecule has 0 saturated carbocycles. The van der Waals surface area contributed by atoms with Crippen LogP contribution in [0.5, 0.6) is 5.75 Å². The van der Waals surface area contributed by atoms with Gasteiger partial charge in [-0.15, -0.1) is 0 Å². The third kappa shape index (κ3) is 10.7. The van der Waals surface area contributed by atoms with Crippen molar-refractivity contribution in [2.45, 2.75) is 58.3 Å². The van der Waals surface area contributed by atoms with E-state index in [1.165, 1.54) is 31.9 Å². The number of ether oxygens (including phenoxy) is 1. The first kappa shape index (κ1) is 27.2. The number of halogens is 1. The lowest BCUT2D eigenvalue weighted by Crippen LogP contribution is -2.34.